The minimum absolute atomic E-state index is 0.146. The average Bonchev–Trinajstić information content (AvgIpc) is 2.72. The Kier molecular flexibility index (Phi) is 2.86. The molecule has 0 bridgehead atoms. The Balaban J connectivity index is 2.28. The van der Waals surface area contributed by atoms with Gasteiger partial charge in [-0.3, -0.25) is 4.68 Å². The number of carboxylic acid groups (broad SMARTS) is 1. The molecule has 0 aliphatic rings. The first kappa shape index (κ1) is 11.3. The first-order valence-corrected chi connectivity index (χ1v) is 4.77. The molecule has 2 rings (SSSR count). The summed E-state index contributed by atoms with van der Waals surface area (Å²) in [6.07, 6.45) is 1.36. The number of nitrogens with zero attached hydrogens (tertiary/aromatic N) is 2. The molecule has 4 nitrogen and oxygen atoms in total. The van der Waals surface area contributed by atoms with E-state index in [9.17, 15) is 13.6 Å². The number of halogens is 2. The number of rotatable bonds is 3. The summed E-state index contributed by atoms with van der Waals surface area (Å²) in [5.74, 6) is -2.55. The number of benzene rings is 1. The van der Waals surface area contributed by atoms with E-state index in [0.29, 0.717) is 0 Å². The zero-order valence-corrected chi connectivity index (χ0v) is 8.60. The van der Waals surface area contributed by atoms with E-state index in [1.165, 1.54) is 23.0 Å². The number of hydrogen-bond acceptors (Lipinski definition) is 2. The summed E-state index contributed by atoms with van der Waals surface area (Å²) in [6.45, 7) is -0.147. The molecule has 1 aromatic carbocycles. The van der Waals surface area contributed by atoms with E-state index >= 15 is 0 Å². The summed E-state index contributed by atoms with van der Waals surface area (Å²) in [4.78, 5) is 10.6. The summed E-state index contributed by atoms with van der Waals surface area (Å²) < 4.78 is 27.8. The van der Waals surface area contributed by atoms with Crippen LogP contribution in [-0.2, 0) is 6.54 Å². The van der Waals surface area contributed by atoms with E-state index in [2.05, 4.69) is 5.10 Å². The van der Waals surface area contributed by atoms with Gasteiger partial charge in [-0.25, -0.2) is 13.6 Å². The minimum atomic E-state index is -1.18. The number of carboxylic acids is 1. The Morgan fingerprint density at radius 1 is 1.29 bits per heavy atom. The quantitative estimate of drug-likeness (QED) is 0.888. The number of aromatic carboxylic acids is 1. The van der Waals surface area contributed by atoms with Crippen molar-refractivity contribution in [3.8, 4) is 0 Å². The summed E-state index contributed by atoms with van der Waals surface area (Å²) in [5.41, 5.74) is -0.311. The van der Waals surface area contributed by atoms with Crippen molar-refractivity contribution in [1.29, 1.82) is 0 Å². The van der Waals surface area contributed by atoms with Gasteiger partial charge in [-0.1, -0.05) is 6.07 Å². The number of aromatic nitrogens is 2. The largest absolute Gasteiger partial charge is 0.476 e. The second kappa shape index (κ2) is 4.32. The highest BCUT2D eigenvalue weighted by Gasteiger charge is 2.11. The first-order chi connectivity index (χ1) is 8.08. The Bertz CT molecular complexity index is 546. The Morgan fingerprint density at radius 3 is 2.47 bits per heavy atom. The van der Waals surface area contributed by atoms with Crippen LogP contribution in [0.15, 0.2) is 30.5 Å². The van der Waals surface area contributed by atoms with Crippen molar-refractivity contribution in [1.82, 2.24) is 9.78 Å². The Morgan fingerprint density at radius 2 is 1.94 bits per heavy atom. The van der Waals surface area contributed by atoms with E-state index < -0.39 is 17.6 Å². The smallest absolute Gasteiger partial charge is 0.356 e. The fourth-order valence-electron chi connectivity index (χ4n) is 1.41. The third kappa shape index (κ3) is 2.30. The molecule has 17 heavy (non-hydrogen) atoms. The standard InChI is InChI=1S/C11H8F2N2O2/c12-8-2-1-3-9(13)7(8)6-15-5-4-10(14-15)11(16)17/h1-5H,6H2,(H,16,17). The molecule has 0 spiro atoms. The van der Waals surface area contributed by atoms with E-state index in [-0.39, 0.29) is 17.8 Å². The molecule has 1 aromatic heterocycles. The van der Waals surface area contributed by atoms with E-state index in [0.717, 1.165) is 12.1 Å². The van der Waals surface area contributed by atoms with Crippen LogP contribution < -0.4 is 0 Å². The average molecular weight is 238 g/mol. The molecule has 6 heteroatoms. The summed E-state index contributed by atoms with van der Waals surface area (Å²) in [6, 6.07) is 4.81. The molecule has 88 valence electrons. The van der Waals surface area contributed by atoms with Gasteiger partial charge in [0.2, 0.25) is 0 Å². The van der Waals surface area contributed by atoms with Crippen LogP contribution >= 0.6 is 0 Å². The van der Waals surface area contributed by atoms with Gasteiger partial charge in [0.25, 0.3) is 0 Å². The lowest BCUT2D eigenvalue weighted by atomic mass is 10.2. The van der Waals surface area contributed by atoms with Crippen LogP contribution in [0.25, 0.3) is 0 Å². The predicted molar refractivity (Wildman–Crippen MR) is 54.6 cm³/mol. The number of hydrogen-bond donors (Lipinski definition) is 1. The maximum atomic E-state index is 13.3. The predicted octanol–water partition coefficient (Wildman–Crippen LogP) is 1.91. The van der Waals surface area contributed by atoms with Crippen LogP contribution in [0.2, 0.25) is 0 Å². The van der Waals surface area contributed by atoms with Gasteiger partial charge in [-0.2, -0.15) is 5.10 Å². The molecule has 0 saturated heterocycles. The Labute approximate surface area is 95.1 Å². The van der Waals surface area contributed by atoms with Crippen molar-refractivity contribution in [2.45, 2.75) is 6.54 Å². The zero-order chi connectivity index (χ0) is 12.4. The fraction of sp³-hybridized carbons (Fsp3) is 0.0909. The van der Waals surface area contributed by atoms with Crippen molar-refractivity contribution in [3.63, 3.8) is 0 Å². The molecule has 2 aromatic rings. The maximum absolute atomic E-state index is 13.3. The van der Waals surface area contributed by atoms with Gasteiger partial charge in [0, 0.05) is 11.8 Å². The molecule has 0 aliphatic heterocycles. The fourth-order valence-corrected chi connectivity index (χ4v) is 1.41. The molecule has 0 unspecified atom stereocenters. The normalized spacial score (nSPS) is 10.5. The van der Waals surface area contributed by atoms with E-state index in [1.807, 2.05) is 0 Å². The topological polar surface area (TPSA) is 55.1 Å². The molecule has 0 saturated carbocycles. The third-order valence-electron chi connectivity index (χ3n) is 2.24. The summed E-state index contributed by atoms with van der Waals surface area (Å²) in [5, 5.41) is 12.3. The van der Waals surface area contributed by atoms with Crippen LogP contribution in [0.3, 0.4) is 0 Å². The van der Waals surface area contributed by atoms with Crippen LogP contribution in [0.1, 0.15) is 16.1 Å². The molecule has 0 atom stereocenters. The number of carbonyl (C=O) groups is 1. The minimum Gasteiger partial charge on any atom is -0.476 e. The molecule has 1 heterocycles. The van der Waals surface area contributed by atoms with Crippen LogP contribution in [0.4, 0.5) is 8.78 Å². The summed E-state index contributed by atoms with van der Waals surface area (Å²) in [7, 11) is 0. The first-order valence-electron chi connectivity index (χ1n) is 4.77. The van der Waals surface area contributed by atoms with Crippen LogP contribution in [-0.4, -0.2) is 20.9 Å². The van der Waals surface area contributed by atoms with Gasteiger partial charge in [0.15, 0.2) is 5.69 Å². The molecule has 0 aliphatic carbocycles. The maximum Gasteiger partial charge on any atom is 0.356 e. The highest BCUT2D eigenvalue weighted by molar-refractivity contribution is 5.85. The van der Waals surface area contributed by atoms with Gasteiger partial charge in [0.1, 0.15) is 11.6 Å². The lowest BCUT2D eigenvalue weighted by molar-refractivity contribution is 0.0689. The van der Waals surface area contributed by atoms with Gasteiger partial charge in [-0.05, 0) is 18.2 Å². The lowest BCUT2D eigenvalue weighted by Crippen LogP contribution is -2.07. The SMILES string of the molecule is O=C(O)c1ccn(Cc2c(F)cccc2F)n1. The third-order valence-corrected chi connectivity index (χ3v) is 2.24. The molecular weight excluding hydrogens is 230 g/mol. The second-order valence-corrected chi connectivity index (χ2v) is 3.40. The van der Waals surface area contributed by atoms with Gasteiger partial charge >= 0.3 is 5.97 Å². The molecule has 1 N–H and O–H groups in total. The highest BCUT2D eigenvalue weighted by atomic mass is 19.1. The van der Waals surface area contributed by atoms with Crippen molar-refractivity contribution in [2.75, 3.05) is 0 Å². The van der Waals surface area contributed by atoms with Crippen molar-refractivity contribution < 1.29 is 18.7 Å². The van der Waals surface area contributed by atoms with Crippen molar-refractivity contribution >= 4 is 5.97 Å². The molecule has 0 amide bonds. The Hall–Kier alpha value is -2.24. The molecule has 0 radical (unpaired) electrons. The zero-order valence-electron chi connectivity index (χ0n) is 8.60. The van der Waals surface area contributed by atoms with Crippen molar-refractivity contribution in [2.24, 2.45) is 0 Å². The lowest BCUT2D eigenvalue weighted by Gasteiger charge is -2.04. The molecule has 0 fully saturated rings. The van der Waals surface area contributed by atoms with Gasteiger partial charge < -0.3 is 5.11 Å². The van der Waals surface area contributed by atoms with Gasteiger partial charge in [-0.15, -0.1) is 0 Å². The monoisotopic (exact) mass is 238 g/mol. The molecular formula is C11H8F2N2O2. The highest BCUT2D eigenvalue weighted by Crippen LogP contribution is 2.13. The van der Waals surface area contributed by atoms with E-state index in [4.69, 9.17) is 5.11 Å². The van der Waals surface area contributed by atoms with Crippen LogP contribution in [0.5, 0.6) is 0 Å². The summed E-state index contributed by atoms with van der Waals surface area (Å²) >= 11 is 0. The van der Waals surface area contributed by atoms with Crippen molar-refractivity contribution in [3.05, 3.63) is 53.4 Å². The van der Waals surface area contributed by atoms with Gasteiger partial charge in [0.05, 0.1) is 6.54 Å². The van der Waals surface area contributed by atoms with Crippen LogP contribution in [0, 0.1) is 11.6 Å². The second-order valence-electron chi connectivity index (χ2n) is 3.40. The van der Waals surface area contributed by atoms with E-state index in [1.54, 1.807) is 0 Å².